The Morgan fingerprint density at radius 1 is 1.20 bits per heavy atom. The molecule has 0 aromatic heterocycles. The molecule has 0 spiro atoms. The number of nitrogens with zero attached hydrogens (tertiary/aromatic N) is 1. The molecule has 2 aromatic rings. The number of alkyl halides is 3. The summed E-state index contributed by atoms with van der Waals surface area (Å²) in [5.74, 6) is -2.17. The van der Waals surface area contributed by atoms with Crippen molar-refractivity contribution in [1.82, 2.24) is 5.32 Å². The highest BCUT2D eigenvalue weighted by atomic mass is 35.5. The average Bonchev–Trinajstić information content (AvgIpc) is 2.64. The lowest BCUT2D eigenvalue weighted by molar-refractivity contribution is -0.137. The summed E-state index contributed by atoms with van der Waals surface area (Å²) in [6.45, 7) is 1.43. The summed E-state index contributed by atoms with van der Waals surface area (Å²) in [4.78, 5) is 27.9. The molecule has 5 nitrogen and oxygen atoms in total. The number of nitrogens with one attached hydrogen (secondary N) is 1. The van der Waals surface area contributed by atoms with Crippen LogP contribution in [0.15, 0.2) is 47.1 Å². The van der Waals surface area contributed by atoms with Crippen LogP contribution in [0.2, 0.25) is 5.02 Å². The van der Waals surface area contributed by atoms with Crippen LogP contribution in [0, 0.1) is 12.7 Å². The first kappa shape index (κ1) is 21.5. The first-order chi connectivity index (χ1) is 14.0. The summed E-state index contributed by atoms with van der Waals surface area (Å²) in [5.41, 5.74) is -1.15. The molecule has 10 heteroatoms. The van der Waals surface area contributed by atoms with Crippen LogP contribution in [0.25, 0.3) is 0 Å². The van der Waals surface area contributed by atoms with Gasteiger partial charge in [0, 0.05) is 12.3 Å². The highest BCUT2D eigenvalue weighted by molar-refractivity contribution is 6.32. The number of hydrogen-bond acceptors (Lipinski definition) is 4. The topological polar surface area (TPSA) is 67.8 Å². The van der Waals surface area contributed by atoms with E-state index in [9.17, 15) is 27.2 Å². The van der Waals surface area contributed by atoms with E-state index in [0.29, 0.717) is 11.6 Å². The maximum Gasteiger partial charge on any atom is 0.417 e. The lowest BCUT2D eigenvalue weighted by atomic mass is 10.1. The molecule has 1 aliphatic heterocycles. The van der Waals surface area contributed by atoms with Gasteiger partial charge in [0.25, 0.3) is 5.91 Å². The number of carbonyl (C=O) groups excluding carboxylic acids is 2. The number of ketones is 1. The Labute approximate surface area is 173 Å². The van der Waals surface area contributed by atoms with Gasteiger partial charge in [0.2, 0.25) is 0 Å². The molecule has 0 saturated heterocycles. The molecule has 0 aliphatic carbocycles. The van der Waals surface area contributed by atoms with Gasteiger partial charge in [-0.15, -0.1) is 0 Å². The summed E-state index contributed by atoms with van der Waals surface area (Å²) in [6, 6.07) is 4.83. The summed E-state index contributed by atoms with van der Waals surface area (Å²) >= 11 is 5.75. The van der Waals surface area contributed by atoms with Crippen LogP contribution in [-0.2, 0) is 11.0 Å². The lowest BCUT2D eigenvalue weighted by Crippen LogP contribution is -2.27. The molecule has 1 N–H and O–H groups in total. The molecule has 0 bridgehead atoms. The van der Waals surface area contributed by atoms with Gasteiger partial charge >= 0.3 is 6.18 Å². The molecule has 2 aromatic carbocycles. The number of dihydropyridines is 1. The highest BCUT2D eigenvalue weighted by Crippen LogP contribution is 2.40. The minimum absolute atomic E-state index is 0.0505. The molecule has 0 fully saturated rings. The number of aryl methyl sites for hydroxylation is 1. The SMILES string of the molecule is Cc1cc(F)ccc1Oc1cc(C(F)(F)F)c(Cl)cc1C(=O)NC1=CC(=O)CN=C1. The second-order valence-corrected chi connectivity index (χ2v) is 6.73. The van der Waals surface area contributed by atoms with Crippen molar-refractivity contribution in [3.05, 3.63) is 69.6 Å². The fraction of sp³-hybridized carbons (Fsp3) is 0.150. The molecule has 156 valence electrons. The summed E-state index contributed by atoms with van der Waals surface area (Å²) in [7, 11) is 0. The number of amides is 1. The van der Waals surface area contributed by atoms with E-state index < -0.39 is 34.2 Å². The van der Waals surface area contributed by atoms with Crippen molar-refractivity contribution >= 4 is 29.5 Å². The molecule has 0 unspecified atom stereocenters. The number of ether oxygens (including phenoxy) is 1. The number of halogens is 5. The predicted molar refractivity (Wildman–Crippen MR) is 102 cm³/mol. The van der Waals surface area contributed by atoms with E-state index in [2.05, 4.69) is 10.3 Å². The van der Waals surface area contributed by atoms with Crippen LogP contribution in [0.1, 0.15) is 21.5 Å². The number of hydrogen-bond donors (Lipinski definition) is 1. The Kier molecular flexibility index (Phi) is 5.93. The van der Waals surface area contributed by atoms with Gasteiger partial charge in [-0.3, -0.25) is 14.6 Å². The van der Waals surface area contributed by atoms with Gasteiger partial charge in [-0.1, -0.05) is 11.6 Å². The van der Waals surface area contributed by atoms with Crippen LogP contribution < -0.4 is 10.1 Å². The zero-order valence-electron chi connectivity index (χ0n) is 15.3. The second kappa shape index (κ2) is 8.27. The Balaban J connectivity index is 2.04. The van der Waals surface area contributed by atoms with Crippen molar-refractivity contribution in [3.63, 3.8) is 0 Å². The molecule has 1 heterocycles. The van der Waals surface area contributed by atoms with E-state index in [1.165, 1.54) is 19.2 Å². The quantitative estimate of drug-likeness (QED) is 0.690. The number of carbonyl (C=O) groups is 2. The van der Waals surface area contributed by atoms with Crippen LogP contribution in [0.5, 0.6) is 11.5 Å². The minimum atomic E-state index is -4.80. The summed E-state index contributed by atoms with van der Waals surface area (Å²) in [5, 5.41) is 1.66. The number of aliphatic imine (C=N–C) groups is 1. The van der Waals surface area contributed by atoms with E-state index in [4.69, 9.17) is 16.3 Å². The molecular formula is C20H13ClF4N2O3. The molecule has 0 radical (unpaired) electrons. The van der Waals surface area contributed by atoms with E-state index in [0.717, 1.165) is 24.3 Å². The normalized spacial score (nSPS) is 13.8. The van der Waals surface area contributed by atoms with E-state index in [1.807, 2.05) is 0 Å². The maximum absolute atomic E-state index is 13.3. The standard InChI is InChI=1S/C20H13ClF4N2O3/c1-10-4-11(22)2-3-17(10)30-18-7-15(20(23,24)25)16(21)6-14(18)19(29)27-12-5-13(28)9-26-8-12/h2-8H,9H2,1H3,(H,27,29). The molecule has 0 saturated carbocycles. The largest absolute Gasteiger partial charge is 0.456 e. The van der Waals surface area contributed by atoms with Gasteiger partial charge in [-0.05, 0) is 42.8 Å². The van der Waals surface area contributed by atoms with Gasteiger partial charge in [0.05, 0.1) is 21.8 Å². The van der Waals surface area contributed by atoms with Crippen molar-refractivity contribution in [2.45, 2.75) is 13.1 Å². The predicted octanol–water partition coefficient (Wildman–Crippen LogP) is 4.87. The average molecular weight is 441 g/mol. The Morgan fingerprint density at radius 2 is 1.93 bits per heavy atom. The third-order valence-electron chi connectivity index (χ3n) is 4.03. The fourth-order valence-corrected chi connectivity index (χ4v) is 2.91. The van der Waals surface area contributed by atoms with Crippen LogP contribution in [0.4, 0.5) is 17.6 Å². The van der Waals surface area contributed by atoms with Crippen molar-refractivity contribution in [3.8, 4) is 11.5 Å². The first-order valence-electron chi connectivity index (χ1n) is 8.45. The molecule has 3 rings (SSSR count). The second-order valence-electron chi connectivity index (χ2n) is 6.33. The zero-order chi connectivity index (χ0) is 22.1. The van der Waals surface area contributed by atoms with E-state index in [1.54, 1.807) is 0 Å². The number of benzene rings is 2. The van der Waals surface area contributed by atoms with Crippen molar-refractivity contribution in [1.29, 1.82) is 0 Å². The third kappa shape index (κ3) is 4.85. The Hall–Kier alpha value is -3.20. The van der Waals surface area contributed by atoms with E-state index >= 15 is 0 Å². The van der Waals surface area contributed by atoms with Gasteiger partial charge < -0.3 is 10.1 Å². The van der Waals surface area contributed by atoms with Gasteiger partial charge in [0.1, 0.15) is 23.9 Å². The lowest BCUT2D eigenvalue weighted by Gasteiger charge is -2.17. The molecule has 1 aliphatic rings. The van der Waals surface area contributed by atoms with Gasteiger partial charge in [-0.25, -0.2) is 4.39 Å². The first-order valence-corrected chi connectivity index (χ1v) is 8.83. The minimum Gasteiger partial charge on any atom is -0.456 e. The van der Waals surface area contributed by atoms with Gasteiger partial charge in [-0.2, -0.15) is 13.2 Å². The molecular weight excluding hydrogens is 428 g/mol. The smallest absolute Gasteiger partial charge is 0.417 e. The summed E-state index contributed by atoms with van der Waals surface area (Å²) in [6.07, 6.45) is -2.41. The molecule has 1 amide bonds. The highest BCUT2D eigenvalue weighted by Gasteiger charge is 2.35. The van der Waals surface area contributed by atoms with Crippen molar-refractivity contribution < 1.29 is 31.9 Å². The maximum atomic E-state index is 13.3. The zero-order valence-corrected chi connectivity index (χ0v) is 16.1. The monoisotopic (exact) mass is 440 g/mol. The van der Waals surface area contributed by atoms with Crippen molar-refractivity contribution in [2.75, 3.05) is 6.54 Å². The Bertz CT molecular complexity index is 1090. The molecule has 0 atom stereocenters. The van der Waals surface area contributed by atoms with Gasteiger partial charge in [0.15, 0.2) is 5.78 Å². The van der Waals surface area contributed by atoms with Crippen LogP contribution >= 0.6 is 11.6 Å². The number of rotatable bonds is 4. The Morgan fingerprint density at radius 3 is 2.57 bits per heavy atom. The van der Waals surface area contributed by atoms with E-state index in [-0.39, 0.29) is 29.3 Å². The summed E-state index contributed by atoms with van der Waals surface area (Å²) < 4.78 is 58.7. The number of allylic oxidation sites excluding steroid dienone is 1. The molecule has 30 heavy (non-hydrogen) atoms. The van der Waals surface area contributed by atoms with Crippen LogP contribution in [0.3, 0.4) is 0 Å². The fourth-order valence-electron chi connectivity index (χ4n) is 2.64. The van der Waals surface area contributed by atoms with Crippen LogP contribution in [-0.4, -0.2) is 24.4 Å². The third-order valence-corrected chi connectivity index (χ3v) is 4.34. The van der Waals surface area contributed by atoms with Crippen molar-refractivity contribution in [2.24, 2.45) is 4.99 Å².